The first-order valence-corrected chi connectivity index (χ1v) is 39.2. The Morgan fingerprint density at radius 1 is 0.195 bits per heavy atom. The third-order valence-electron chi connectivity index (χ3n) is 22.5. The summed E-state index contributed by atoms with van der Waals surface area (Å²) in [7, 11) is 0. The fourth-order valence-electron chi connectivity index (χ4n) is 16.1. The third-order valence-corrected chi connectivity index (χ3v) is 22.5. The van der Waals surface area contributed by atoms with Crippen LogP contribution in [0.5, 0.6) is 0 Å². The minimum absolute atomic E-state index is 0.886. The number of ether oxygens (including phenoxy) is 19. The highest BCUT2D eigenvalue weighted by atomic mass is 16.8. The third kappa shape index (κ3) is 22.1. The summed E-state index contributed by atoms with van der Waals surface area (Å²) in [5.74, 6) is -3.76. The number of nitrogens with one attached hydrogen (secondary N) is 4. The molecule has 0 saturated carbocycles. The molecule has 0 aliphatic carbocycles. The highest BCUT2D eigenvalue weighted by Gasteiger charge is 2.62. The lowest BCUT2D eigenvalue weighted by molar-refractivity contribution is -0.391. The molecule has 712 valence electrons. The zero-order chi connectivity index (χ0) is 90.5. The van der Waals surface area contributed by atoms with Crippen LogP contribution in [0.3, 0.4) is 0 Å². The molecule has 10 aliphatic rings. The number of amides is 4. The number of carbonyl (C=O) groups is 4. The van der Waals surface area contributed by atoms with Crippen molar-refractivity contribution >= 4 is 23.6 Å². The van der Waals surface area contributed by atoms with E-state index in [1.165, 1.54) is 0 Å². The van der Waals surface area contributed by atoms with Gasteiger partial charge in [0.2, 0.25) is 23.6 Å². The van der Waals surface area contributed by atoms with E-state index in [4.69, 9.17) is 90.0 Å². The van der Waals surface area contributed by atoms with Crippen LogP contribution in [0.15, 0.2) is 0 Å². The van der Waals surface area contributed by atoms with Crippen molar-refractivity contribution in [2.24, 2.45) is 0 Å². The van der Waals surface area contributed by atoms with Gasteiger partial charge < -0.3 is 254 Å². The topological polar surface area (TPSA) is 858 Å². The molecule has 50 atom stereocenters. The molecule has 10 aliphatic heterocycles. The molecule has 0 aromatic carbocycles. The van der Waals surface area contributed by atoms with Gasteiger partial charge in [-0.05, 0) is 0 Å². The van der Waals surface area contributed by atoms with Crippen LogP contribution >= 0.6 is 0 Å². The van der Waals surface area contributed by atoms with Crippen molar-refractivity contribution in [1.29, 1.82) is 0 Å². The molecule has 0 spiro atoms. The molecule has 0 unspecified atom stereocenters. The Morgan fingerprint density at radius 2 is 0.374 bits per heavy atom. The van der Waals surface area contributed by atoms with Crippen LogP contribution in [0.25, 0.3) is 0 Å². The molecule has 32 N–H and O–H groups in total. The average molecular weight is 1800 g/mol. The Balaban J connectivity index is 0.823. The summed E-state index contributed by atoms with van der Waals surface area (Å²) in [6.07, 6.45) is -93.9. The lowest BCUT2D eigenvalue weighted by atomic mass is 9.93. The van der Waals surface area contributed by atoms with Crippen molar-refractivity contribution in [1.82, 2.24) is 21.3 Å². The standard InChI is InChI=1S/C68H114N4O51/c1-15(83)69-29-38(92)50(115-64-45(99)42(96)33(87)19(5-73)106-64)25(11-79)111-60(29)120-55-34(88)20(6-74)107-65(46(55)100)116-51-26(12-80)112-61(30(39(51)93)70-16(2)84)121-56-35(89)21(7-75)108-66(47(56)101)117-52-27(13-81)113-62(31(40(52)94)71-17(3)85)122-57-36(90)22(8-76)109-67(48(57)102)118-53-28(14-82)114-63(32(41(53)95)72-18(4)86)123-58-37(91)23(9-77)110-68(49(58)103)119-54-24(10-78)105-59(104)44(98)43(54)97/h19-68,73-82,87-104H,5-14H2,1-4H3,(H,69,83)(H,70,84)(H,71,85)(H,72,86)/t19-,20-,21-,22-,23-,24-,25-,26-,27-,28-,29-,30-,31-,32-,33+,34+,35+,36+,37+,38-,39-,40-,41-,42+,43-,44-,45-,46-,47-,48-,49-,50-,51-,52-,53-,54-,55+,56+,57+,58+,59-,60+,61+,62+,63+,64+,65+,66+,67+,68+/m1/s1. The summed E-state index contributed by atoms with van der Waals surface area (Å²) in [6, 6.07) is -7.67. The van der Waals surface area contributed by atoms with Gasteiger partial charge in [-0.3, -0.25) is 19.2 Å². The van der Waals surface area contributed by atoms with Crippen LogP contribution < -0.4 is 21.3 Å². The van der Waals surface area contributed by atoms with Crippen molar-refractivity contribution in [3.05, 3.63) is 0 Å². The summed E-state index contributed by atoms with van der Waals surface area (Å²) in [4.78, 5) is 51.6. The summed E-state index contributed by atoms with van der Waals surface area (Å²) in [6.45, 7) is -7.15. The quantitative estimate of drug-likeness (QED) is 0.0297. The summed E-state index contributed by atoms with van der Waals surface area (Å²) in [5, 5.41) is 319. The summed E-state index contributed by atoms with van der Waals surface area (Å²) >= 11 is 0. The molecule has 0 bridgehead atoms. The second kappa shape index (κ2) is 44.3. The molecule has 10 saturated heterocycles. The Bertz CT molecular complexity index is 3310. The van der Waals surface area contributed by atoms with Crippen molar-refractivity contribution < 1.29 is 252 Å². The van der Waals surface area contributed by atoms with Gasteiger partial charge >= 0.3 is 0 Å². The zero-order valence-electron chi connectivity index (χ0n) is 65.9. The van der Waals surface area contributed by atoms with Crippen LogP contribution in [-0.2, 0) is 109 Å². The van der Waals surface area contributed by atoms with Gasteiger partial charge in [-0.25, -0.2) is 0 Å². The molecule has 10 rings (SSSR count). The van der Waals surface area contributed by atoms with Crippen molar-refractivity contribution in [3.63, 3.8) is 0 Å². The second-order valence-corrected chi connectivity index (χ2v) is 30.9. The SMILES string of the molecule is CC(=O)N[C@H]1[C@H](O[C@H]2[C@@H](O)[C@@H](CO)O[C@@H](O[C@H]3[C@H](O)[C@@H](NC(C)=O)[C@H](O[C@H]4[C@@H](O)[C@@H](CO)O[C@@H](O[C@H]5[C@H](O)[C@@H](NC(C)=O)[C@H](O[C@H]6[C@@H](O)[C@@H](CO)O[C@@H](O[C@H]7[C@H](O)[C@@H](NC(C)=O)[C@H](O[C@H]8[C@@H](O)[C@@H](CO)O[C@@H](O[C@H]9[C@H](O)[C@@H](O)[C@H](O)O[C@@H]9CO)[C@@H]8O)O[C@@H]7CO)[C@@H]6O)O[C@@H]5CO)[C@@H]4O)O[C@@H]3CO)[C@@H]2O)O[C@H](CO)[C@@H](O[C@@H]2O[C@H](CO)[C@H](O)[C@H](O)[C@H]2O)[C@@H]1O. The fourth-order valence-corrected chi connectivity index (χ4v) is 16.1. The number of aliphatic hydroxyl groups excluding tert-OH is 28. The fraction of sp³-hybridized carbons (Fsp3) is 0.941. The van der Waals surface area contributed by atoms with E-state index in [0.717, 1.165) is 27.7 Å². The van der Waals surface area contributed by atoms with Gasteiger partial charge in [0.15, 0.2) is 62.9 Å². The Hall–Kier alpha value is -4.00. The van der Waals surface area contributed by atoms with Crippen LogP contribution in [0.2, 0.25) is 0 Å². The van der Waals surface area contributed by atoms with Crippen LogP contribution in [0.4, 0.5) is 0 Å². The van der Waals surface area contributed by atoms with E-state index in [0.29, 0.717) is 0 Å². The number of hydrogen-bond acceptors (Lipinski definition) is 51. The molecular weight excluding hydrogens is 1690 g/mol. The smallest absolute Gasteiger partial charge is 0.217 e. The van der Waals surface area contributed by atoms with E-state index >= 15 is 0 Å². The number of rotatable bonds is 32. The van der Waals surface area contributed by atoms with E-state index < -0.39 is 397 Å². The lowest BCUT2D eigenvalue weighted by Crippen LogP contribution is -2.71. The molecule has 4 amide bonds. The largest absolute Gasteiger partial charge is 0.394 e. The lowest BCUT2D eigenvalue weighted by Gasteiger charge is -2.51. The Morgan fingerprint density at radius 3 is 0.585 bits per heavy atom. The highest BCUT2D eigenvalue weighted by Crippen LogP contribution is 2.41. The minimum atomic E-state index is -2.40. The average Bonchev–Trinajstić information content (AvgIpc) is 0.684. The maximum absolute atomic E-state index is 13.0. The van der Waals surface area contributed by atoms with E-state index in [1.54, 1.807) is 0 Å². The zero-order valence-corrected chi connectivity index (χ0v) is 65.9. The van der Waals surface area contributed by atoms with Gasteiger partial charge in [-0.2, -0.15) is 0 Å². The number of hydrogen-bond donors (Lipinski definition) is 32. The Kier molecular flexibility index (Phi) is 36.4. The normalized spacial score (nSPS) is 49.4. The van der Waals surface area contributed by atoms with E-state index in [-0.39, 0.29) is 0 Å². The number of carbonyl (C=O) groups excluding carboxylic acids is 4. The molecular formula is C68H114N4O51. The van der Waals surface area contributed by atoms with Gasteiger partial charge in [0.05, 0.1) is 66.1 Å². The molecule has 123 heavy (non-hydrogen) atoms. The molecule has 55 nitrogen and oxygen atoms in total. The first-order chi connectivity index (χ1) is 58.3. The Labute approximate surface area is 695 Å². The monoisotopic (exact) mass is 1800 g/mol. The van der Waals surface area contributed by atoms with Crippen LogP contribution in [0.1, 0.15) is 27.7 Å². The summed E-state index contributed by atoms with van der Waals surface area (Å²) in [5.41, 5.74) is 0. The van der Waals surface area contributed by atoms with Crippen molar-refractivity contribution in [2.45, 2.75) is 335 Å². The van der Waals surface area contributed by atoms with Gasteiger partial charge in [0.25, 0.3) is 0 Å². The van der Waals surface area contributed by atoms with Crippen LogP contribution in [0, 0.1) is 0 Å². The predicted octanol–water partition coefficient (Wildman–Crippen LogP) is -22.2. The van der Waals surface area contributed by atoms with Crippen molar-refractivity contribution in [3.8, 4) is 0 Å². The molecule has 10 heterocycles. The second-order valence-electron chi connectivity index (χ2n) is 30.9. The maximum Gasteiger partial charge on any atom is 0.217 e. The van der Waals surface area contributed by atoms with Gasteiger partial charge in [-0.1, -0.05) is 0 Å². The van der Waals surface area contributed by atoms with Crippen molar-refractivity contribution in [2.75, 3.05) is 66.1 Å². The maximum atomic E-state index is 13.0. The minimum Gasteiger partial charge on any atom is -0.394 e. The first kappa shape index (κ1) is 101. The predicted molar refractivity (Wildman–Crippen MR) is 376 cm³/mol. The van der Waals surface area contributed by atoms with E-state index in [9.17, 15) is 162 Å². The molecule has 55 heteroatoms. The molecule has 0 aromatic heterocycles. The highest BCUT2D eigenvalue weighted by molar-refractivity contribution is 5.74. The molecule has 10 fully saturated rings. The first-order valence-electron chi connectivity index (χ1n) is 39.2. The number of aliphatic hydroxyl groups is 28. The summed E-state index contributed by atoms with van der Waals surface area (Å²) < 4.78 is 111. The van der Waals surface area contributed by atoms with Gasteiger partial charge in [0, 0.05) is 27.7 Å². The van der Waals surface area contributed by atoms with E-state index in [1.807, 2.05) is 0 Å². The van der Waals surface area contributed by atoms with Crippen LogP contribution in [-0.4, -0.2) is 539 Å². The van der Waals surface area contributed by atoms with Gasteiger partial charge in [0.1, 0.15) is 244 Å². The molecule has 0 radical (unpaired) electrons. The van der Waals surface area contributed by atoms with Gasteiger partial charge in [-0.15, -0.1) is 0 Å². The molecule has 0 aromatic rings. The van der Waals surface area contributed by atoms with E-state index in [2.05, 4.69) is 21.3 Å².